The molecule has 0 spiro atoms. The molecule has 0 saturated carbocycles. The normalized spacial score (nSPS) is 12.5. The number of hydrogen-bond acceptors (Lipinski definition) is 5. The van der Waals surface area contributed by atoms with Crippen LogP contribution < -0.4 is 5.32 Å². The molecule has 3 aromatic rings. The fraction of sp³-hybridized carbons (Fsp3) is 0.120. The number of fused-ring (bicyclic) bond motifs is 1. The second-order valence-electron chi connectivity index (χ2n) is 7.34. The summed E-state index contributed by atoms with van der Waals surface area (Å²) in [5.74, 6) is -1.26. The summed E-state index contributed by atoms with van der Waals surface area (Å²) < 4.78 is 4.64. The average molecular weight is 428 g/mol. The highest BCUT2D eigenvalue weighted by Crippen LogP contribution is 2.24. The molecule has 0 radical (unpaired) electrons. The Morgan fingerprint density at radius 1 is 0.812 bits per heavy atom. The number of rotatable bonds is 6. The van der Waals surface area contributed by atoms with Crippen LogP contribution in [0.3, 0.4) is 0 Å². The molecule has 3 amide bonds. The molecule has 1 aliphatic rings. The zero-order valence-electron chi connectivity index (χ0n) is 17.3. The Balaban J connectivity index is 1.38. The van der Waals surface area contributed by atoms with E-state index in [1.54, 1.807) is 72.8 Å². The van der Waals surface area contributed by atoms with Crippen molar-refractivity contribution < 1.29 is 23.9 Å². The van der Waals surface area contributed by atoms with Crippen molar-refractivity contribution in [1.82, 2.24) is 4.90 Å². The van der Waals surface area contributed by atoms with E-state index < -0.39 is 0 Å². The number of esters is 1. The third-order valence-electron chi connectivity index (χ3n) is 5.22. The molecule has 1 heterocycles. The zero-order valence-corrected chi connectivity index (χ0v) is 17.3. The van der Waals surface area contributed by atoms with Gasteiger partial charge in [0.25, 0.3) is 17.7 Å². The van der Waals surface area contributed by atoms with Crippen LogP contribution in [0.5, 0.6) is 0 Å². The number of anilines is 1. The van der Waals surface area contributed by atoms with Gasteiger partial charge >= 0.3 is 5.97 Å². The van der Waals surface area contributed by atoms with E-state index >= 15 is 0 Å². The van der Waals surface area contributed by atoms with Gasteiger partial charge in [-0.15, -0.1) is 0 Å². The zero-order chi connectivity index (χ0) is 22.7. The molecular weight excluding hydrogens is 408 g/mol. The number of ether oxygens (including phenoxy) is 1. The Hall–Kier alpha value is -4.26. The predicted molar refractivity (Wildman–Crippen MR) is 117 cm³/mol. The molecule has 0 bridgehead atoms. The van der Waals surface area contributed by atoms with Crippen molar-refractivity contribution in [2.45, 2.75) is 13.0 Å². The Kier molecular flexibility index (Phi) is 5.81. The minimum Gasteiger partial charge on any atom is -0.469 e. The summed E-state index contributed by atoms with van der Waals surface area (Å²) >= 11 is 0. The van der Waals surface area contributed by atoms with Crippen LogP contribution in [0.4, 0.5) is 5.69 Å². The van der Waals surface area contributed by atoms with Crippen molar-refractivity contribution in [3.63, 3.8) is 0 Å². The number of hydrogen-bond donors (Lipinski definition) is 1. The summed E-state index contributed by atoms with van der Waals surface area (Å²) in [5.41, 5.74) is 3.38. The highest BCUT2D eigenvalue weighted by molar-refractivity contribution is 6.21. The molecule has 160 valence electrons. The van der Waals surface area contributed by atoms with Crippen LogP contribution in [0.25, 0.3) is 0 Å². The number of amides is 3. The van der Waals surface area contributed by atoms with Gasteiger partial charge in [0.2, 0.25) is 0 Å². The minimum atomic E-state index is -0.330. The third kappa shape index (κ3) is 4.27. The Morgan fingerprint density at radius 3 is 1.94 bits per heavy atom. The quantitative estimate of drug-likeness (QED) is 0.480. The summed E-state index contributed by atoms with van der Waals surface area (Å²) in [7, 11) is 1.34. The third-order valence-corrected chi connectivity index (χ3v) is 5.22. The van der Waals surface area contributed by atoms with E-state index in [-0.39, 0.29) is 36.7 Å². The average Bonchev–Trinajstić information content (AvgIpc) is 3.05. The molecule has 7 heteroatoms. The van der Waals surface area contributed by atoms with Crippen LogP contribution >= 0.6 is 0 Å². The van der Waals surface area contributed by atoms with Crippen molar-refractivity contribution in [2.75, 3.05) is 12.4 Å². The summed E-state index contributed by atoms with van der Waals surface area (Å²) in [6.07, 6.45) is 0.166. The largest absolute Gasteiger partial charge is 0.469 e. The summed E-state index contributed by atoms with van der Waals surface area (Å²) in [5, 5.41) is 2.80. The fourth-order valence-corrected chi connectivity index (χ4v) is 3.47. The molecule has 1 aliphatic heterocycles. The van der Waals surface area contributed by atoms with Gasteiger partial charge in [0.1, 0.15) is 0 Å². The first kappa shape index (κ1) is 21.0. The van der Waals surface area contributed by atoms with E-state index in [1.165, 1.54) is 12.0 Å². The first-order valence-corrected chi connectivity index (χ1v) is 9.97. The summed E-state index contributed by atoms with van der Waals surface area (Å²) in [4.78, 5) is 50.1. The van der Waals surface area contributed by atoms with Crippen molar-refractivity contribution in [1.29, 1.82) is 0 Å². The number of carbonyl (C=O) groups excluding carboxylic acids is 4. The van der Waals surface area contributed by atoms with Gasteiger partial charge in [-0.2, -0.15) is 0 Å². The van der Waals surface area contributed by atoms with Gasteiger partial charge < -0.3 is 10.1 Å². The molecule has 0 aromatic heterocycles. The van der Waals surface area contributed by atoms with Crippen LogP contribution in [0.15, 0.2) is 72.8 Å². The van der Waals surface area contributed by atoms with Gasteiger partial charge in [-0.1, -0.05) is 36.4 Å². The van der Waals surface area contributed by atoms with Gasteiger partial charge in [0, 0.05) is 11.3 Å². The lowest BCUT2D eigenvalue weighted by atomic mass is 10.1. The van der Waals surface area contributed by atoms with Crippen LogP contribution in [-0.4, -0.2) is 35.7 Å². The van der Waals surface area contributed by atoms with Gasteiger partial charge in [-0.25, -0.2) is 0 Å². The molecule has 0 atom stereocenters. The lowest BCUT2D eigenvalue weighted by Crippen LogP contribution is -2.29. The number of imide groups is 1. The molecule has 0 fully saturated rings. The Morgan fingerprint density at radius 2 is 1.38 bits per heavy atom. The number of nitrogens with zero attached hydrogens (tertiary/aromatic N) is 1. The smallest absolute Gasteiger partial charge is 0.309 e. The van der Waals surface area contributed by atoms with E-state index in [0.717, 1.165) is 11.1 Å². The lowest BCUT2D eigenvalue weighted by Gasteiger charge is -2.14. The Labute approximate surface area is 184 Å². The summed E-state index contributed by atoms with van der Waals surface area (Å²) in [6.45, 7) is 0.135. The van der Waals surface area contributed by atoms with E-state index in [1.807, 2.05) is 0 Å². The van der Waals surface area contributed by atoms with Gasteiger partial charge in [0.15, 0.2) is 0 Å². The Bertz CT molecular complexity index is 1160. The SMILES string of the molecule is COC(=O)Cc1ccc(NC(=O)c2ccc(CN3C(=O)c4ccccc4C3=O)cc2)cc1. The first-order valence-electron chi connectivity index (χ1n) is 9.97. The highest BCUT2D eigenvalue weighted by Gasteiger charge is 2.34. The maximum atomic E-state index is 12.5. The van der Waals surface area contributed by atoms with Gasteiger partial charge in [-0.05, 0) is 47.5 Å². The fourth-order valence-electron chi connectivity index (χ4n) is 3.47. The highest BCUT2D eigenvalue weighted by atomic mass is 16.5. The second-order valence-corrected chi connectivity index (χ2v) is 7.34. The lowest BCUT2D eigenvalue weighted by molar-refractivity contribution is -0.139. The molecule has 1 N–H and O–H groups in total. The van der Waals surface area contributed by atoms with Crippen LogP contribution in [0.1, 0.15) is 42.2 Å². The van der Waals surface area contributed by atoms with E-state index in [0.29, 0.717) is 22.4 Å². The summed E-state index contributed by atoms with van der Waals surface area (Å²) in [6, 6.07) is 20.4. The molecular formula is C25H20N2O5. The van der Waals surface area contributed by atoms with Gasteiger partial charge in [-0.3, -0.25) is 24.1 Å². The first-order chi connectivity index (χ1) is 15.5. The van der Waals surface area contributed by atoms with Gasteiger partial charge in [0.05, 0.1) is 31.2 Å². The molecule has 4 rings (SSSR count). The predicted octanol–water partition coefficient (Wildman–Crippen LogP) is 3.45. The maximum Gasteiger partial charge on any atom is 0.309 e. The number of nitrogens with one attached hydrogen (secondary N) is 1. The number of carbonyl (C=O) groups is 4. The van der Waals surface area contributed by atoms with Crippen LogP contribution in [0.2, 0.25) is 0 Å². The van der Waals surface area contributed by atoms with Crippen LogP contribution in [0, 0.1) is 0 Å². The van der Waals surface area contributed by atoms with Crippen molar-refractivity contribution in [2.24, 2.45) is 0 Å². The van der Waals surface area contributed by atoms with Crippen molar-refractivity contribution in [3.8, 4) is 0 Å². The molecule has 3 aromatic carbocycles. The van der Waals surface area contributed by atoms with E-state index in [2.05, 4.69) is 10.1 Å². The molecule has 7 nitrogen and oxygen atoms in total. The van der Waals surface area contributed by atoms with E-state index in [4.69, 9.17) is 0 Å². The topological polar surface area (TPSA) is 92.8 Å². The second kappa shape index (κ2) is 8.85. The molecule has 0 aliphatic carbocycles. The van der Waals surface area contributed by atoms with Crippen LogP contribution in [-0.2, 0) is 22.5 Å². The van der Waals surface area contributed by atoms with E-state index in [9.17, 15) is 19.2 Å². The standard InChI is InChI=1S/C25H20N2O5/c1-32-22(28)14-16-8-12-19(13-9-16)26-23(29)18-10-6-17(7-11-18)15-27-24(30)20-4-2-3-5-21(20)25(27)31/h2-13H,14-15H2,1H3,(H,26,29). The molecule has 0 unspecified atom stereocenters. The molecule has 32 heavy (non-hydrogen) atoms. The minimum absolute atomic E-state index is 0.135. The monoisotopic (exact) mass is 428 g/mol. The maximum absolute atomic E-state index is 12.5. The number of methoxy groups -OCH3 is 1. The van der Waals surface area contributed by atoms with Crippen molar-refractivity contribution in [3.05, 3.63) is 101 Å². The van der Waals surface area contributed by atoms with Crippen molar-refractivity contribution >= 4 is 29.4 Å². The molecule has 0 saturated heterocycles. The number of benzene rings is 3.